The summed E-state index contributed by atoms with van der Waals surface area (Å²) in [7, 11) is 0. The fourth-order valence-corrected chi connectivity index (χ4v) is 1.63. The molecule has 0 saturated heterocycles. The van der Waals surface area contributed by atoms with E-state index in [9.17, 15) is 4.79 Å². The van der Waals surface area contributed by atoms with Gasteiger partial charge in [0.25, 0.3) is 0 Å². The average molecular weight is 247 g/mol. The van der Waals surface area contributed by atoms with Crippen molar-refractivity contribution in [1.82, 2.24) is 14.7 Å². The van der Waals surface area contributed by atoms with Gasteiger partial charge >= 0.3 is 0 Å². The van der Waals surface area contributed by atoms with Crippen molar-refractivity contribution in [3.63, 3.8) is 0 Å². The molecule has 2 aromatic heterocycles. The molecule has 0 bridgehead atoms. The summed E-state index contributed by atoms with van der Waals surface area (Å²) < 4.78 is 7.03. The Morgan fingerprint density at radius 1 is 1.50 bits per heavy atom. The summed E-state index contributed by atoms with van der Waals surface area (Å²) in [5.74, 6) is 1.67. The van der Waals surface area contributed by atoms with Crippen molar-refractivity contribution < 1.29 is 9.32 Å². The van der Waals surface area contributed by atoms with Crippen molar-refractivity contribution in [1.29, 1.82) is 0 Å². The number of carbonyl (C=O) groups excluding carboxylic acids is 1. The SMILES string of the molecule is CCC(=O)c1ccn(Cc2nc(C(C)C)no2)c1. The average Bonchev–Trinajstić information content (AvgIpc) is 2.98. The van der Waals surface area contributed by atoms with Crippen LogP contribution < -0.4 is 0 Å². The molecular weight excluding hydrogens is 230 g/mol. The first kappa shape index (κ1) is 12.5. The van der Waals surface area contributed by atoms with Crippen LogP contribution in [-0.4, -0.2) is 20.5 Å². The van der Waals surface area contributed by atoms with E-state index >= 15 is 0 Å². The van der Waals surface area contributed by atoms with E-state index in [4.69, 9.17) is 4.52 Å². The first-order valence-corrected chi connectivity index (χ1v) is 6.11. The summed E-state index contributed by atoms with van der Waals surface area (Å²) in [6.45, 7) is 6.38. The molecule has 18 heavy (non-hydrogen) atoms. The van der Waals surface area contributed by atoms with Crippen LogP contribution in [0.25, 0.3) is 0 Å². The van der Waals surface area contributed by atoms with Crippen LogP contribution in [0.5, 0.6) is 0 Å². The van der Waals surface area contributed by atoms with Gasteiger partial charge in [-0.3, -0.25) is 4.79 Å². The fraction of sp³-hybridized carbons (Fsp3) is 0.462. The van der Waals surface area contributed by atoms with Gasteiger partial charge < -0.3 is 9.09 Å². The standard InChI is InChI=1S/C13H17N3O2/c1-4-11(17)10-5-6-16(7-10)8-12-14-13(9(2)3)15-18-12/h5-7,9H,4,8H2,1-3H3. The number of rotatable bonds is 5. The zero-order valence-corrected chi connectivity index (χ0v) is 10.9. The third-order valence-electron chi connectivity index (χ3n) is 2.71. The van der Waals surface area contributed by atoms with Gasteiger partial charge in [-0.1, -0.05) is 25.9 Å². The van der Waals surface area contributed by atoms with Gasteiger partial charge in [-0.25, -0.2) is 0 Å². The lowest BCUT2D eigenvalue weighted by Crippen LogP contribution is -1.99. The smallest absolute Gasteiger partial charge is 0.246 e. The van der Waals surface area contributed by atoms with E-state index in [0.717, 1.165) is 5.56 Å². The molecule has 0 spiro atoms. The maximum Gasteiger partial charge on any atom is 0.246 e. The quantitative estimate of drug-likeness (QED) is 0.762. The molecule has 0 atom stereocenters. The van der Waals surface area contributed by atoms with E-state index in [0.29, 0.717) is 24.7 Å². The molecule has 96 valence electrons. The molecule has 2 aromatic rings. The summed E-state index contributed by atoms with van der Waals surface area (Å²) in [6.07, 6.45) is 4.18. The van der Waals surface area contributed by atoms with Crippen molar-refractivity contribution in [3.8, 4) is 0 Å². The van der Waals surface area contributed by atoms with Crippen LogP contribution in [0.15, 0.2) is 23.0 Å². The number of Topliss-reactive ketones (excluding diaryl/α,β-unsaturated/α-hetero) is 1. The lowest BCUT2D eigenvalue weighted by atomic mass is 10.2. The molecule has 0 saturated carbocycles. The van der Waals surface area contributed by atoms with Gasteiger partial charge in [0.15, 0.2) is 11.6 Å². The summed E-state index contributed by atoms with van der Waals surface area (Å²) in [6, 6.07) is 1.81. The van der Waals surface area contributed by atoms with Gasteiger partial charge in [-0.15, -0.1) is 0 Å². The van der Waals surface area contributed by atoms with Crippen LogP contribution in [0.3, 0.4) is 0 Å². The molecule has 2 rings (SSSR count). The molecule has 0 aromatic carbocycles. The summed E-state index contributed by atoms with van der Waals surface area (Å²) in [4.78, 5) is 15.8. The Hall–Kier alpha value is -1.91. The largest absolute Gasteiger partial charge is 0.344 e. The number of aromatic nitrogens is 3. The highest BCUT2D eigenvalue weighted by molar-refractivity contribution is 5.95. The normalized spacial score (nSPS) is 11.1. The van der Waals surface area contributed by atoms with E-state index in [1.54, 1.807) is 0 Å². The lowest BCUT2D eigenvalue weighted by molar-refractivity contribution is 0.0988. The van der Waals surface area contributed by atoms with Crippen molar-refractivity contribution in [3.05, 3.63) is 35.7 Å². The second-order valence-corrected chi connectivity index (χ2v) is 4.55. The number of nitrogens with zero attached hydrogens (tertiary/aromatic N) is 3. The molecule has 0 unspecified atom stereocenters. The van der Waals surface area contributed by atoms with Crippen molar-refractivity contribution in [2.45, 2.75) is 39.7 Å². The first-order chi connectivity index (χ1) is 8.60. The Balaban J connectivity index is 2.08. The Morgan fingerprint density at radius 2 is 2.28 bits per heavy atom. The van der Waals surface area contributed by atoms with Gasteiger partial charge in [-0.2, -0.15) is 4.98 Å². The van der Waals surface area contributed by atoms with E-state index in [-0.39, 0.29) is 11.7 Å². The lowest BCUT2D eigenvalue weighted by Gasteiger charge is -1.96. The summed E-state index contributed by atoms with van der Waals surface area (Å²) in [5, 5.41) is 3.90. The molecule has 5 heteroatoms. The fourth-order valence-electron chi connectivity index (χ4n) is 1.63. The van der Waals surface area contributed by atoms with E-state index < -0.39 is 0 Å². The topological polar surface area (TPSA) is 60.9 Å². The number of hydrogen-bond acceptors (Lipinski definition) is 4. The monoisotopic (exact) mass is 247 g/mol. The van der Waals surface area contributed by atoms with Gasteiger partial charge in [-0.05, 0) is 6.07 Å². The third kappa shape index (κ3) is 2.67. The highest BCUT2D eigenvalue weighted by Crippen LogP contribution is 2.11. The van der Waals surface area contributed by atoms with Crippen molar-refractivity contribution in [2.75, 3.05) is 0 Å². The van der Waals surface area contributed by atoms with Gasteiger partial charge in [0.2, 0.25) is 5.89 Å². The summed E-state index contributed by atoms with van der Waals surface area (Å²) >= 11 is 0. The van der Waals surface area contributed by atoms with Crippen LogP contribution in [0.4, 0.5) is 0 Å². The molecule has 0 amide bonds. The predicted molar refractivity (Wildman–Crippen MR) is 66.5 cm³/mol. The molecule has 0 aliphatic heterocycles. The van der Waals surface area contributed by atoms with E-state index in [1.165, 1.54) is 0 Å². The first-order valence-electron chi connectivity index (χ1n) is 6.11. The third-order valence-corrected chi connectivity index (χ3v) is 2.71. The van der Waals surface area contributed by atoms with Crippen LogP contribution in [-0.2, 0) is 6.54 Å². The van der Waals surface area contributed by atoms with Crippen molar-refractivity contribution in [2.24, 2.45) is 0 Å². The number of carbonyl (C=O) groups is 1. The maximum absolute atomic E-state index is 11.5. The van der Waals surface area contributed by atoms with Crippen LogP contribution in [0.2, 0.25) is 0 Å². The highest BCUT2D eigenvalue weighted by Gasteiger charge is 2.11. The Bertz CT molecular complexity index is 540. The maximum atomic E-state index is 11.5. The molecule has 0 radical (unpaired) electrons. The van der Waals surface area contributed by atoms with Crippen LogP contribution in [0.1, 0.15) is 55.2 Å². The minimum atomic E-state index is 0.141. The predicted octanol–water partition coefficient (Wildman–Crippen LogP) is 2.64. The molecule has 2 heterocycles. The number of hydrogen-bond donors (Lipinski definition) is 0. The molecule has 0 aliphatic rings. The highest BCUT2D eigenvalue weighted by atomic mass is 16.5. The Labute approximate surface area is 106 Å². The van der Waals surface area contributed by atoms with Gasteiger partial charge in [0.1, 0.15) is 6.54 Å². The van der Waals surface area contributed by atoms with Crippen LogP contribution in [0, 0.1) is 0 Å². The van der Waals surface area contributed by atoms with Crippen LogP contribution >= 0.6 is 0 Å². The minimum absolute atomic E-state index is 0.141. The molecule has 0 aliphatic carbocycles. The van der Waals surface area contributed by atoms with E-state index in [2.05, 4.69) is 10.1 Å². The molecule has 0 fully saturated rings. The Kier molecular flexibility index (Phi) is 3.60. The van der Waals surface area contributed by atoms with Crippen molar-refractivity contribution >= 4 is 5.78 Å². The molecular formula is C13H17N3O2. The van der Waals surface area contributed by atoms with Gasteiger partial charge in [0.05, 0.1) is 0 Å². The molecule has 0 N–H and O–H groups in total. The number of ketones is 1. The summed E-state index contributed by atoms with van der Waals surface area (Å²) in [5.41, 5.74) is 0.723. The second kappa shape index (κ2) is 5.16. The second-order valence-electron chi connectivity index (χ2n) is 4.55. The molecule has 5 nitrogen and oxygen atoms in total. The van der Waals surface area contributed by atoms with E-state index in [1.807, 2.05) is 43.8 Å². The Morgan fingerprint density at radius 3 is 2.89 bits per heavy atom. The minimum Gasteiger partial charge on any atom is -0.344 e. The zero-order valence-electron chi connectivity index (χ0n) is 10.9. The zero-order chi connectivity index (χ0) is 13.1. The van der Waals surface area contributed by atoms with Gasteiger partial charge in [0, 0.05) is 30.3 Å².